The smallest absolute Gasteiger partial charge is 0.0362 e. The van der Waals surface area contributed by atoms with Crippen LogP contribution in [0.3, 0.4) is 0 Å². The summed E-state index contributed by atoms with van der Waals surface area (Å²) in [7, 11) is 0. The molecular weight excluding hydrogens is 146 g/mol. The lowest BCUT2D eigenvalue weighted by Gasteiger charge is -2.18. The molecule has 0 aromatic rings. The van der Waals surface area contributed by atoms with E-state index < -0.39 is 0 Å². The predicted molar refractivity (Wildman–Crippen MR) is 53.9 cm³/mol. The second-order valence-corrected chi connectivity index (χ2v) is 3.02. The third-order valence-corrected chi connectivity index (χ3v) is 2.10. The SMILES string of the molecule is C=C/C=C(\C=C/C)N1CCCC1. The molecule has 1 nitrogen and oxygen atoms in total. The van der Waals surface area contributed by atoms with Crippen LogP contribution in [0.25, 0.3) is 0 Å². The number of allylic oxidation sites excluding steroid dienone is 4. The normalized spacial score (nSPS) is 19.1. The van der Waals surface area contributed by atoms with Crippen molar-refractivity contribution in [1.82, 2.24) is 4.90 Å². The van der Waals surface area contributed by atoms with E-state index >= 15 is 0 Å². The van der Waals surface area contributed by atoms with Crippen LogP contribution >= 0.6 is 0 Å². The van der Waals surface area contributed by atoms with Gasteiger partial charge in [-0.05, 0) is 31.9 Å². The Balaban J connectivity index is 2.63. The molecule has 66 valence electrons. The zero-order valence-electron chi connectivity index (χ0n) is 7.79. The molecule has 0 N–H and O–H groups in total. The van der Waals surface area contributed by atoms with E-state index in [4.69, 9.17) is 0 Å². The highest BCUT2D eigenvalue weighted by Crippen LogP contribution is 2.15. The summed E-state index contributed by atoms with van der Waals surface area (Å²) < 4.78 is 0. The van der Waals surface area contributed by atoms with Gasteiger partial charge in [-0.2, -0.15) is 0 Å². The third-order valence-electron chi connectivity index (χ3n) is 2.10. The van der Waals surface area contributed by atoms with E-state index in [0.29, 0.717) is 0 Å². The number of hydrogen-bond donors (Lipinski definition) is 0. The fraction of sp³-hybridized carbons (Fsp3) is 0.455. The van der Waals surface area contributed by atoms with E-state index in [1.807, 2.05) is 13.0 Å². The molecule has 0 aliphatic carbocycles. The monoisotopic (exact) mass is 163 g/mol. The van der Waals surface area contributed by atoms with Crippen LogP contribution in [0.15, 0.2) is 36.6 Å². The first-order valence-electron chi connectivity index (χ1n) is 4.59. The molecule has 0 radical (unpaired) electrons. The summed E-state index contributed by atoms with van der Waals surface area (Å²) in [6.07, 6.45) is 10.8. The average molecular weight is 163 g/mol. The maximum atomic E-state index is 3.72. The molecule has 1 aliphatic rings. The maximum absolute atomic E-state index is 3.72. The Labute approximate surface area is 75.1 Å². The fourth-order valence-corrected chi connectivity index (χ4v) is 1.53. The summed E-state index contributed by atoms with van der Waals surface area (Å²) in [6.45, 7) is 8.16. The molecule has 0 unspecified atom stereocenters. The third kappa shape index (κ3) is 2.26. The van der Waals surface area contributed by atoms with Gasteiger partial charge in [-0.1, -0.05) is 18.7 Å². The Morgan fingerprint density at radius 3 is 2.50 bits per heavy atom. The molecule has 1 rings (SSSR count). The molecule has 12 heavy (non-hydrogen) atoms. The van der Waals surface area contributed by atoms with Crippen molar-refractivity contribution in [2.75, 3.05) is 13.1 Å². The first-order valence-corrected chi connectivity index (χ1v) is 4.59. The van der Waals surface area contributed by atoms with Gasteiger partial charge in [0.25, 0.3) is 0 Å². The van der Waals surface area contributed by atoms with Gasteiger partial charge in [0, 0.05) is 18.8 Å². The van der Waals surface area contributed by atoms with Crippen molar-refractivity contribution in [1.29, 1.82) is 0 Å². The molecule has 1 saturated heterocycles. The van der Waals surface area contributed by atoms with Gasteiger partial charge < -0.3 is 4.90 Å². The topological polar surface area (TPSA) is 3.24 Å². The van der Waals surface area contributed by atoms with Gasteiger partial charge in [0.2, 0.25) is 0 Å². The van der Waals surface area contributed by atoms with Gasteiger partial charge in [0.1, 0.15) is 0 Å². The van der Waals surface area contributed by atoms with E-state index in [1.165, 1.54) is 31.6 Å². The first kappa shape index (κ1) is 9.11. The number of nitrogens with zero attached hydrogens (tertiary/aromatic N) is 1. The number of rotatable bonds is 3. The van der Waals surface area contributed by atoms with Crippen molar-refractivity contribution in [3.8, 4) is 0 Å². The highest BCUT2D eigenvalue weighted by Gasteiger charge is 2.11. The molecular formula is C11H17N. The zero-order chi connectivity index (χ0) is 8.81. The summed E-state index contributed by atoms with van der Waals surface area (Å²) in [5.41, 5.74) is 1.30. The summed E-state index contributed by atoms with van der Waals surface area (Å²) in [4.78, 5) is 2.40. The van der Waals surface area contributed by atoms with Gasteiger partial charge in [0.05, 0.1) is 0 Å². The molecule has 0 saturated carbocycles. The lowest BCUT2D eigenvalue weighted by Crippen LogP contribution is -2.16. The molecule has 0 bridgehead atoms. The van der Waals surface area contributed by atoms with Crippen LogP contribution in [0.1, 0.15) is 19.8 Å². The van der Waals surface area contributed by atoms with Crippen molar-refractivity contribution in [3.05, 3.63) is 36.6 Å². The minimum Gasteiger partial charge on any atom is -0.372 e. The van der Waals surface area contributed by atoms with Crippen molar-refractivity contribution in [2.45, 2.75) is 19.8 Å². The molecule has 0 amide bonds. The predicted octanol–water partition coefficient (Wildman–Crippen LogP) is 2.73. The van der Waals surface area contributed by atoms with Gasteiger partial charge in [-0.15, -0.1) is 0 Å². The Morgan fingerprint density at radius 1 is 1.33 bits per heavy atom. The van der Waals surface area contributed by atoms with Gasteiger partial charge in [-0.25, -0.2) is 0 Å². The summed E-state index contributed by atoms with van der Waals surface area (Å²) in [6, 6.07) is 0. The average Bonchev–Trinajstić information content (AvgIpc) is 2.56. The van der Waals surface area contributed by atoms with Crippen LogP contribution in [-0.4, -0.2) is 18.0 Å². The number of hydrogen-bond acceptors (Lipinski definition) is 1. The largest absolute Gasteiger partial charge is 0.372 e. The highest BCUT2D eigenvalue weighted by atomic mass is 15.1. The molecule has 0 aromatic heterocycles. The van der Waals surface area contributed by atoms with E-state index in [1.54, 1.807) is 0 Å². The van der Waals surface area contributed by atoms with Crippen LogP contribution in [0.2, 0.25) is 0 Å². The molecule has 1 heterocycles. The van der Waals surface area contributed by atoms with Crippen LogP contribution < -0.4 is 0 Å². The molecule has 1 heteroatoms. The lowest BCUT2D eigenvalue weighted by molar-refractivity contribution is 0.440. The van der Waals surface area contributed by atoms with Crippen molar-refractivity contribution in [3.63, 3.8) is 0 Å². The highest BCUT2D eigenvalue weighted by molar-refractivity contribution is 5.22. The first-order chi connectivity index (χ1) is 5.88. The molecule has 0 aromatic carbocycles. The maximum Gasteiger partial charge on any atom is 0.0362 e. The molecule has 1 aliphatic heterocycles. The Bertz CT molecular complexity index is 195. The standard InChI is InChI=1S/C11H17N/c1-3-7-11(8-4-2)12-9-5-6-10-12/h3-4,7-8H,1,5-6,9-10H2,2H3/b8-4-,11-7+. The minimum absolute atomic E-state index is 1.20. The van der Waals surface area contributed by atoms with Gasteiger partial charge >= 0.3 is 0 Å². The molecule has 0 spiro atoms. The number of likely N-dealkylation sites (tertiary alicyclic amines) is 1. The van der Waals surface area contributed by atoms with E-state index in [2.05, 4.69) is 29.7 Å². The zero-order valence-corrected chi connectivity index (χ0v) is 7.79. The summed E-state index contributed by atoms with van der Waals surface area (Å²) in [5.74, 6) is 0. The van der Waals surface area contributed by atoms with Gasteiger partial charge in [0.15, 0.2) is 0 Å². The van der Waals surface area contributed by atoms with E-state index in [9.17, 15) is 0 Å². The van der Waals surface area contributed by atoms with E-state index in [0.717, 1.165) is 0 Å². The second kappa shape index (κ2) is 4.81. The van der Waals surface area contributed by atoms with Crippen LogP contribution in [-0.2, 0) is 0 Å². The van der Waals surface area contributed by atoms with E-state index in [-0.39, 0.29) is 0 Å². The van der Waals surface area contributed by atoms with Crippen molar-refractivity contribution < 1.29 is 0 Å². The Morgan fingerprint density at radius 2 is 2.00 bits per heavy atom. The van der Waals surface area contributed by atoms with Crippen LogP contribution in [0.5, 0.6) is 0 Å². The van der Waals surface area contributed by atoms with Crippen LogP contribution in [0, 0.1) is 0 Å². The van der Waals surface area contributed by atoms with Crippen LogP contribution in [0.4, 0.5) is 0 Å². The fourth-order valence-electron chi connectivity index (χ4n) is 1.53. The Kier molecular flexibility index (Phi) is 3.65. The second-order valence-electron chi connectivity index (χ2n) is 3.02. The minimum atomic E-state index is 1.20. The van der Waals surface area contributed by atoms with Crippen molar-refractivity contribution >= 4 is 0 Å². The van der Waals surface area contributed by atoms with Crippen molar-refractivity contribution in [2.24, 2.45) is 0 Å². The van der Waals surface area contributed by atoms with Gasteiger partial charge in [-0.3, -0.25) is 0 Å². The summed E-state index contributed by atoms with van der Waals surface area (Å²) >= 11 is 0. The molecule has 0 atom stereocenters. The Hall–Kier alpha value is -0.980. The quantitative estimate of drug-likeness (QED) is 0.578. The molecule has 1 fully saturated rings. The lowest BCUT2D eigenvalue weighted by atomic mass is 10.3. The summed E-state index contributed by atoms with van der Waals surface area (Å²) in [5, 5.41) is 0.